The van der Waals surface area contributed by atoms with E-state index in [4.69, 9.17) is 5.90 Å². The molecule has 0 fully saturated rings. The molecule has 0 saturated heterocycles. The van der Waals surface area contributed by atoms with E-state index >= 15 is 0 Å². The Balaban J connectivity index is 2.59. The Labute approximate surface area is 65.2 Å². The highest BCUT2D eigenvalue weighted by Gasteiger charge is 1.81. The van der Waals surface area contributed by atoms with E-state index in [1.54, 1.807) is 6.20 Å². The van der Waals surface area contributed by atoms with E-state index in [1.807, 2.05) is 18.2 Å². The summed E-state index contributed by atoms with van der Waals surface area (Å²) in [6.45, 7) is 0.233. The van der Waals surface area contributed by atoms with E-state index < -0.39 is 0 Å². The predicted octanol–water partition coefficient (Wildman–Crippen LogP) is 0.323. The molecule has 0 aliphatic rings. The number of rotatable bonds is 1. The molecule has 0 aliphatic heterocycles. The standard InChI is InChI=1S/C8H8N2O/c9-11-7-3-5-8-4-1-2-6-10-8/h1-2,4,6H,7,9H2. The van der Waals surface area contributed by atoms with Crippen molar-refractivity contribution in [1.29, 1.82) is 0 Å². The van der Waals surface area contributed by atoms with Crippen LogP contribution in [0.25, 0.3) is 0 Å². The molecule has 0 spiro atoms. The zero-order valence-electron chi connectivity index (χ0n) is 5.95. The summed E-state index contributed by atoms with van der Waals surface area (Å²) in [5.41, 5.74) is 0.726. The molecular formula is C8H8N2O. The fourth-order valence-electron chi connectivity index (χ4n) is 0.605. The van der Waals surface area contributed by atoms with Crippen molar-refractivity contribution in [2.75, 3.05) is 6.61 Å². The van der Waals surface area contributed by atoms with Gasteiger partial charge in [0.2, 0.25) is 0 Å². The molecule has 0 unspecified atom stereocenters. The third-order valence-corrected chi connectivity index (χ3v) is 1.04. The first kappa shape index (κ1) is 7.73. The van der Waals surface area contributed by atoms with Gasteiger partial charge in [-0.3, -0.25) is 4.84 Å². The first-order valence-corrected chi connectivity index (χ1v) is 3.15. The maximum atomic E-state index is 4.77. The summed E-state index contributed by atoms with van der Waals surface area (Å²) in [7, 11) is 0. The molecule has 0 radical (unpaired) electrons. The minimum Gasteiger partial charge on any atom is -0.292 e. The average Bonchev–Trinajstić information content (AvgIpc) is 2.07. The summed E-state index contributed by atoms with van der Waals surface area (Å²) >= 11 is 0. The monoisotopic (exact) mass is 148 g/mol. The second-order valence-electron chi connectivity index (χ2n) is 1.83. The Morgan fingerprint density at radius 1 is 1.55 bits per heavy atom. The fraction of sp³-hybridized carbons (Fsp3) is 0.125. The van der Waals surface area contributed by atoms with Crippen molar-refractivity contribution < 1.29 is 4.84 Å². The van der Waals surface area contributed by atoms with Gasteiger partial charge in [0.05, 0.1) is 0 Å². The van der Waals surface area contributed by atoms with E-state index in [-0.39, 0.29) is 6.61 Å². The molecule has 0 aromatic carbocycles. The van der Waals surface area contributed by atoms with Crippen LogP contribution in [-0.2, 0) is 4.84 Å². The van der Waals surface area contributed by atoms with E-state index in [1.165, 1.54) is 0 Å². The van der Waals surface area contributed by atoms with Crippen molar-refractivity contribution in [2.24, 2.45) is 5.90 Å². The molecule has 3 heteroatoms. The number of nitrogens with zero attached hydrogens (tertiary/aromatic N) is 1. The molecule has 0 aliphatic carbocycles. The van der Waals surface area contributed by atoms with Gasteiger partial charge in [0.25, 0.3) is 0 Å². The molecule has 2 N–H and O–H groups in total. The van der Waals surface area contributed by atoms with E-state index in [0.29, 0.717) is 0 Å². The van der Waals surface area contributed by atoms with Crippen LogP contribution in [0.1, 0.15) is 5.69 Å². The van der Waals surface area contributed by atoms with E-state index in [0.717, 1.165) is 5.69 Å². The summed E-state index contributed by atoms with van der Waals surface area (Å²) in [6, 6.07) is 5.54. The maximum absolute atomic E-state index is 4.77. The van der Waals surface area contributed by atoms with Gasteiger partial charge in [0, 0.05) is 6.20 Å². The van der Waals surface area contributed by atoms with E-state index in [9.17, 15) is 0 Å². The number of aromatic nitrogens is 1. The summed E-state index contributed by atoms with van der Waals surface area (Å²) in [4.78, 5) is 8.24. The van der Waals surface area contributed by atoms with Crippen molar-refractivity contribution >= 4 is 0 Å². The van der Waals surface area contributed by atoms with Crippen LogP contribution in [0, 0.1) is 11.8 Å². The van der Waals surface area contributed by atoms with Crippen molar-refractivity contribution in [3.8, 4) is 11.8 Å². The van der Waals surface area contributed by atoms with Gasteiger partial charge < -0.3 is 0 Å². The van der Waals surface area contributed by atoms with E-state index in [2.05, 4.69) is 21.7 Å². The summed E-state index contributed by atoms with van der Waals surface area (Å²) in [6.07, 6.45) is 1.69. The Kier molecular flexibility index (Phi) is 3.13. The summed E-state index contributed by atoms with van der Waals surface area (Å²) in [5, 5.41) is 0. The molecule has 1 heterocycles. The predicted molar refractivity (Wildman–Crippen MR) is 41.3 cm³/mol. The molecule has 0 bridgehead atoms. The number of hydrogen-bond donors (Lipinski definition) is 1. The van der Waals surface area contributed by atoms with Gasteiger partial charge in [-0.1, -0.05) is 12.0 Å². The van der Waals surface area contributed by atoms with Gasteiger partial charge in [-0.25, -0.2) is 10.9 Å². The van der Waals surface area contributed by atoms with Crippen LogP contribution in [0.4, 0.5) is 0 Å². The Hall–Kier alpha value is -1.37. The normalized spacial score (nSPS) is 8.45. The quantitative estimate of drug-likeness (QED) is 0.461. The number of hydrogen-bond acceptors (Lipinski definition) is 3. The third-order valence-electron chi connectivity index (χ3n) is 1.04. The molecule has 1 aromatic rings. The zero-order chi connectivity index (χ0) is 7.94. The van der Waals surface area contributed by atoms with Crippen molar-refractivity contribution in [2.45, 2.75) is 0 Å². The molecule has 11 heavy (non-hydrogen) atoms. The summed E-state index contributed by atoms with van der Waals surface area (Å²) in [5.74, 6) is 10.2. The van der Waals surface area contributed by atoms with Gasteiger partial charge in [0.15, 0.2) is 0 Å². The van der Waals surface area contributed by atoms with Gasteiger partial charge in [0.1, 0.15) is 12.3 Å². The molecule has 1 aromatic heterocycles. The van der Waals surface area contributed by atoms with Crippen LogP contribution < -0.4 is 5.90 Å². The lowest BCUT2D eigenvalue weighted by molar-refractivity contribution is 0.173. The molecule has 56 valence electrons. The second kappa shape index (κ2) is 4.45. The fourth-order valence-corrected chi connectivity index (χ4v) is 0.605. The highest BCUT2D eigenvalue weighted by Crippen LogP contribution is 1.88. The van der Waals surface area contributed by atoms with Crippen LogP contribution in [-0.4, -0.2) is 11.6 Å². The van der Waals surface area contributed by atoms with Gasteiger partial charge in [-0.2, -0.15) is 0 Å². The summed E-state index contributed by atoms with van der Waals surface area (Å²) < 4.78 is 0. The number of nitrogens with two attached hydrogens (primary N) is 1. The maximum Gasteiger partial charge on any atom is 0.129 e. The molecule has 0 atom stereocenters. The molecule has 3 nitrogen and oxygen atoms in total. The topological polar surface area (TPSA) is 48.1 Å². The van der Waals surface area contributed by atoms with Crippen molar-refractivity contribution in [3.63, 3.8) is 0 Å². The first-order chi connectivity index (χ1) is 5.43. The smallest absolute Gasteiger partial charge is 0.129 e. The van der Waals surface area contributed by atoms with Crippen molar-refractivity contribution in [3.05, 3.63) is 30.1 Å². The average molecular weight is 148 g/mol. The lowest BCUT2D eigenvalue weighted by Crippen LogP contribution is -1.97. The molecule has 1 rings (SSSR count). The molecule has 0 amide bonds. The lowest BCUT2D eigenvalue weighted by atomic mass is 10.3. The minimum absolute atomic E-state index is 0.233. The highest BCUT2D eigenvalue weighted by atomic mass is 16.6. The van der Waals surface area contributed by atoms with Gasteiger partial charge in [-0.15, -0.1) is 0 Å². The van der Waals surface area contributed by atoms with Crippen LogP contribution in [0.2, 0.25) is 0 Å². The van der Waals surface area contributed by atoms with Crippen LogP contribution >= 0.6 is 0 Å². The number of pyridine rings is 1. The third kappa shape index (κ3) is 2.80. The van der Waals surface area contributed by atoms with Crippen LogP contribution in [0.3, 0.4) is 0 Å². The van der Waals surface area contributed by atoms with Crippen LogP contribution in [0.5, 0.6) is 0 Å². The van der Waals surface area contributed by atoms with Crippen LogP contribution in [0.15, 0.2) is 24.4 Å². The Morgan fingerprint density at radius 3 is 3.09 bits per heavy atom. The molecule has 0 saturated carbocycles. The van der Waals surface area contributed by atoms with Gasteiger partial charge in [-0.05, 0) is 18.1 Å². The first-order valence-electron chi connectivity index (χ1n) is 3.15. The Bertz CT molecular complexity index is 260. The van der Waals surface area contributed by atoms with Gasteiger partial charge >= 0.3 is 0 Å². The SMILES string of the molecule is NOCC#Cc1ccccn1. The largest absolute Gasteiger partial charge is 0.292 e. The highest BCUT2D eigenvalue weighted by molar-refractivity contribution is 5.26. The lowest BCUT2D eigenvalue weighted by Gasteiger charge is -1.85. The Morgan fingerprint density at radius 2 is 2.45 bits per heavy atom. The van der Waals surface area contributed by atoms with Crippen molar-refractivity contribution in [1.82, 2.24) is 4.98 Å². The molecular weight excluding hydrogens is 140 g/mol. The minimum atomic E-state index is 0.233. The second-order valence-corrected chi connectivity index (χ2v) is 1.83. The zero-order valence-corrected chi connectivity index (χ0v) is 5.95.